The minimum atomic E-state index is -0.282. The van der Waals surface area contributed by atoms with Crippen molar-refractivity contribution in [2.45, 2.75) is 18.9 Å². The highest BCUT2D eigenvalue weighted by atomic mass is 79.9. The number of benzene rings is 1. The Kier molecular flexibility index (Phi) is 6.28. The fourth-order valence-corrected chi connectivity index (χ4v) is 3.25. The van der Waals surface area contributed by atoms with Gasteiger partial charge in [-0.05, 0) is 53.0 Å². The first-order valence-electron chi connectivity index (χ1n) is 8.70. The molecule has 3 amide bonds. The minimum absolute atomic E-state index is 0.0153. The standard InChI is InChI=1S/C19H20BrN3O4/c20-16-7-6-15(27-16)19(26)23-10-8-14(9-11-23)22-17(24)12-21-18(25)13-4-2-1-3-5-13/h1-7,14H,8-12H2,(H,21,25)(H,22,24). The molecule has 2 heterocycles. The summed E-state index contributed by atoms with van der Waals surface area (Å²) in [5.74, 6) is -0.372. The lowest BCUT2D eigenvalue weighted by Crippen LogP contribution is -2.48. The van der Waals surface area contributed by atoms with Crippen LogP contribution < -0.4 is 10.6 Å². The normalized spacial score (nSPS) is 14.6. The van der Waals surface area contributed by atoms with Gasteiger partial charge in [-0.15, -0.1) is 0 Å². The molecule has 1 aromatic carbocycles. The third kappa shape index (κ3) is 5.19. The average Bonchev–Trinajstić information content (AvgIpc) is 3.13. The summed E-state index contributed by atoms with van der Waals surface area (Å²) in [5, 5.41) is 5.51. The number of rotatable bonds is 5. The quantitative estimate of drug-likeness (QED) is 0.755. The summed E-state index contributed by atoms with van der Waals surface area (Å²) in [4.78, 5) is 38.1. The highest BCUT2D eigenvalue weighted by Crippen LogP contribution is 2.18. The van der Waals surface area contributed by atoms with Crippen LogP contribution in [0.5, 0.6) is 0 Å². The maximum Gasteiger partial charge on any atom is 0.289 e. The van der Waals surface area contributed by atoms with E-state index < -0.39 is 0 Å². The Morgan fingerprint density at radius 2 is 1.78 bits per heavy atom. The molecule has 0 spiro atoms. The fraction of sp³-hybridized carbons (Fsp3) is 0.316. The zero-order valence-electron chi connectivity index (χ0n) is 14.6. The van der Waals surface area contributed by atoms with Crippen LogP contribution in [0.1, 0.15) is 33.8 Å². The molecule has 7 nitrogen and oxygen atoms in total. The number of halogens is 1. The van der Waals surface area contributed by atoms with Gasteiger partial charge in [-0.3, -0.25) is 14.4 Å². The Balaban J connectivity index is 1.40. The van der Waals surface area contributed by atoms with Crippen molar-refractivity contribution in [1.82, 2.24) is 15.5 Å². The van der Waals surface area contributed by atoms with E-state index in [0.717, 1.165) is 0 Å². The topological polar surface area (TPSA) is 91.7 Å². The smallest absolute Gasteiger partial charge is 0.289 e. The van der Waals surface area contributed by atoms with Gasteiger partial charge in [0, 0.05) is 24.7 Å². The number of nitrogens with zero attached hydrogens (tertiary/aromatic N) is 1. The Labute approximate surface area is 165 Å². The number of hydrogen-bond donors (Lipinski definition) is 2. The summed E-state index contributed by atoms with van der Waals surface area (Å²) < 4.78 is 5.82. The van der Waals surface area contributed by atoms with Crippen LogP contribution in [0, 0.1) is 0 Å². The van der Waals surface area contributed by atoms with Gasteiger partial charge in [-0.1, -0.05) is 18.2 Å². The number of nitrogens with one attached hydrogen (secondary N) is 2. The Morgan fingerprint density at radius 1 is 1.07 bits per heavy atom. The van der Waals surface area contributed by atoms with E-state index in [4.69, 9.17) is 4.42 Å². The van der Waals surface area contributed by atoms with E-state index in [9.17, 15) is 14.4 Å². The van der Waals surface area contributed by atoms with Crippen LogP contribution in [-0.4, -0.2) is 48.3 Å². The van der Waals surface area contributed by atoms with E-state index in [0.29, 0.717) is 41.9 Å². The molecule has 1 aliphatic rings. The van der Waals surface area contributed by atoms with Crippen molar-refractivity contribution in [2.24, 2.45) is 0 Å². The van der Waals surface area contributed by atoms with E-state index in [1.807, 2.05) is 6.07 Å². The van der Waals surface area contributed by atoms with Crippen LogP contribution in [0.3, 0.4) is 0 Å². The summed E-state index contributed by atoms with van der Waals surface area (Å²) >= 11 is 3.19. The summed E-state index contributed by atoms with van der Waals surface area (Å²) in [5.41, 5.74) is 0.515. The van der Waals surface area contributed by atoms with E-state index in [1.54, 1.807) is 41.3 Å². The third-order valence-electron chi connectivity index (χ3n) is 4.38. The Morgan fingerprint density at radius 3 is 2.41 bits per heavy atom. The number of likely N-dealkylation sites (tertiary alicyclic amines) is 1. The number of carbonyl (C=O) groups excluding carboxylic acids is 3. The molecule has 2 N–H and O–H groups in total. The van der Waals surface area contributed by atoms with Crippen molar-refractivity contribution in [2.75, 3.05) is 19.6 Å². The molecule has 1 aromatic heterocycles. The van der Waals surface area contributed by atoms with Crippen LogP contribution in [0.25, 0.3) is 0 Å². The number of furan rings is 1. The minimum Gasteiger partial charge on any atom is -0.444 e. The molecule has 0 unspecified atom stereocenters. The van der Waals surface area contributed by atoms with E-state index >= 15 is 0 Å². The van der Waals surface area contributed by atoms with Crippen molar-refractivity contribution in [3.8, 4) is 0 Å². The van der Waals surface area contributed by atoms with Gasteiger partial charge in [-0.2, -0.15) is 0 Å². The lowest BCUT2D eigenvalue weighted by Gasteiger charge is -2.31. The number of carbonyl (C=O) groups is 3. The summed E-state index contributed by atoms with van der Waals surface area (Å²) in [6.07, 6.45) is 1.32. The largest absolute Gasteiger partial charge is 0.444 e. The third-order valence-corrected chi connectivity index (χ3v) is 4.80. The molecule has 1 saturated heterocycles. The highest BCUT2D eigenvalue weighted by molar-refractivity contribution is 9.10. The molecule has 3 rings (SSSR count). The first-order chi connectivity index (χ1) is 13.0. The van der Waals surface area contributed by atoms with E-state index in [-0.39, 0.29) is 30.3 Å². The molecule has 0 bridgehead atoms. The molecule has 1 fully saturated rings. The van der Waals surface area contributed by atoms with Gasteiger partial charge in [0.1, 0.15) is 0 Å². The first-order valence-corrected chi connectivity index (χ1v) is 9.49. The van der Waals surface area contributed by atoms with Gasteiger partial charge in [0.2, 0.25) is 5.91 Å². The lowest BCUT2D eigenvalue weighted by molar-refractivity contribution is -0.121. The van der Waals surface area contributed by atoms with Crippen LogP contribution in [0.15, 0.2) is 51.6 Å². The van der Waals surface area contributed by atoms with E-state index in [2.05, 4.69) is 26.6 Å². The molecule has 8 heteroatoms. The zero-order chi connectivity index (χ0) is 19.2. The second kappa shape index (κ2) is 8.85. The molecule has 1 aliphatic heterocycles. The predicted molar refractivity (Wildman–Crippen MR) is 102 cm³/mol. The van der Waals surface area contributed by atoms with Crippen LogP contribution in [-0.2, 0) is 4.79 Å². The second-order valence-corrected chi connectivity index (χ2v) is 7.07. The van der Waals surface area contributed by atoms with Crippen molar-refractivity contribution in [3.05, 3.63) is 58.5 Å². The van der Waals surface area contributed by atoms with Crippen molar-refractivity contribution in [1.29, 1.82) is 0 Å². The molecule has 0 saturated carbocycles. The van der Waals surface area contributed by atoms with Gasteiger partial charge in [0.25, 0.3) is 11.8 Å². The van der Waals surface area contributed by atoms with E-state index in [1.165, 1.54) is 0 Å². The molecule has 0 radical (unpaired) electrons. The maximum atomic E-state index is 12.3. The monoisotopic (exact) mass is 433 g/mol. The first kappa shape index (κ1) is 19.2. The maximum absolute atomic E-state index is 12.3. The zero-order valence-corrected chi connectivity index (χ0v) is 16.2. The van der Waals surface area contributed by atoms with Gasteiger partial charge in [0.15, 0.2) is 10.4 Å². The van der Waals surface area contributed by atoms with Crippen molar-refractivity contribution in [3.63, 3.8) is 0 Å². The molecular weight excluding hydrogens is 414 g/mol. The van der Waals surface area contributed by atoms with Crippen molar-refractivity contribution >= 4 is 33.7 Å². The predicted octanol–water partition coefficient (Wildman–Crippen LogP) is 2.19. The molecular formula is C19H20BrN3O4. The Hall–Kier alpha value is -2.61. The number of hydrogen-bond acceptors (Lipinski definition) is 4. The van der Waals surface area contributed by atoms with Gasteiger partial charge >= 0.3 is 0 Å². The van der Waals surface area contributed by atoms with Gasteiger partial charge < -0.3 is 20.0 Å². The van der Waals surface area contributed by atoms with Crippen LogP contribution in [0.2, 0.25) is 0 Å². The molecule has 0 aliphatic carbocycles. The molecule has 142 valence electrons. The number of amides is 3. The van der Waals surface area contributed by atoms with Crippen LogP contribution in [0.4, 0.5) is 0 Å². The number of piperidine rings is 1. The molecule has 0 atom stereocenters. The van der Waals surface area contributed by atoms with Gasteiger partial charge in [0.05, 0.1) is 6.54 Å². The lowest BCUT2D eigenvalue weighted by atomic mass is 10.0. The van der Waals surface area contributed by atoms with Crippen LogP contribution >= 0.6 is 15.9 Å². The highest BCUT2D eigenvalue weighted by Gasteiger charge is 2.26. The Bertz CT molecular complexity index is 813. The summed E-state index contributed by atoms with van der Waals surface area (Å²) in [6, 6.07) is 12.1. The average molecular weight is 434 g/mol. The van der Waals surface area contributed by atoms with Crippen molar-refractivity contribution < 1.29 is 18.8 Å². The SMILES string of the molecule is O=C(CNC(=O)c1ccccc1)NC1CCN(C(=O)c2ccc(Br)o2)CC1. The fourth-order valence-electron chi connectivity index (χ4n) is 2.94. The summed E-state index contributed by atoms with van der Waals surface area (Å²) in [6.45, 7) is 1.00. The second-order valence-electron chi connectivity index (χ2n) is 6.29. The summed E-state index contributed by atoms with van der Waals surface area (Å²) in [7, 11) is 0. The van der Waals surface area contributed by atoms with Gasteiger partial charge in [-0.25, -0.2) is 0 Å². The molecule has 27 heavy (non-hydrogen) atoms. The molecule has 2 aromatic rings.